The lowest BCUT2D eigenvalue weighted by Crippen LogP contribution is -2.40. The first-order valence-electron chi connectivity index (χ1n) is 7.18. The van der Waals surface area contributed by atoms with Crippen LogP contribution in [0.3, 0.4) is 0 Å². The van der Waals surface area contributed by atoms with Gasteiger partial charge in [0.05, 0.1) is 18.7 Å². The highest BCUT2D eigenvalue weighted by Crippen LogP contribution is 2.25. The number of hydrogen-bond acceptors (Lipinski definition) is 4. The highest BCUT2D eigenvalue weighted by Gasteiger charge is 2.36. The molecule has 2 saturated heterocycles. The number of hydrogen-bond donors (Lipinski definition) is 0. The van der Waals surface area contributed by atoms with E-state index < -0.39 is 10.0 Å². The van der Waals surface area contributed by atoms with Crippen molar-refractivity contribution in [2.24, 2.45) is 5.92 Å². The van der Waals surface area contributed by atoms with Gasteiger partial charge in [0.15, 0.2) is 0 Å². The lowest BCUT2D eigenvalue weighted by atomic mass is 10.2. The number of ether oxygens (including phenoxy) is 1. The van der Waals surface area contributed by atoms with E-state index in [9.17, 15) is 8.42 Å². The second-order valence-electron chi connectivity index (χ2n) is 5.67. The molecule has 0 radical (unpaired) electrons. The Morgan fingerprint density at radius 1 is 1.35 bits per heavy atom. The second kappa shape index (κ2) is 5.83. The van der Waals surface area contributed by atoms with Gasteiger partial charge in [-0.05, 0) is 25.2 Å². The van der Waals surface area contributed by atoms with Crippen molar-refractivity contribution >= 4 is 10.0 Å². The van der Waals surface area contributed by atoms with Crippen LogP contribution >= 0.6 is 0 Å². The Hall–Kier alpha value is -0.920. The number of imidazole rings is 1. The van der Waals surface area contributed by atoms with Gasteiger partial charge >= 0.3 is 0 Å². The van der Waals surface area contributed by atoms with Gasteiger partial charge in [-0.3, -0.25) is 0 Å². The molecule has 2 atom stereocenters. The van der Waals surface area contributed by atoms with Gasteiger partial charge in [-0.25, -0.2) is 13.4 Å². The summed E-state index contributed by atoms with van der Waals surface area (Å²) in [5.41, 5.74) is 0. The van der Waals surface area contributed by atoms with E-state index in [-0.39, 0.29) is 17.7 Å². The van der Waals surface area contributed by atoms with Crippen LogP contribution in [0, 0.1) is 5.92 Å². The number of aromatic nitrogens is 2. The molecule has 2 aliphatic rings. The minimum Gasteiger partial charge on any atom is -0.381 e. The largest absolute Gasteiger partial charge is 0.381 e. The molecule has 3 rings (SSSR count). The Morgan fingerprint density at radius 2 is 2.25 bits per heavy atom. The summed E-state index contributed by atoms with van der Waals surface area (Å²) in [6, 6.07) is 0.0662. The summed E-state index contributed by atoms with van der Waals surface area (Å²) in [7, 11) is -3.18. The standard InChI is InChI=1S/C13H21N3O3S/c17-20(18,10-12-3-7-19-9-12)16-5-1-2-13(16)8-15-6-4-14-11-15/h4,6,11-13H,1-3,5,7-10H2/t12-,13-/m0/s1. The summed E-state index contributed by atoms with van der Waals surface area (Å²) in [6.07, 6.45) is 8.09. The van der Waals surface area contributed by atoms with E-state index in [1.54, 1.807) is 16.8 Å². The molecule has 2 fully saturated rings. The van der Waals surface area contributed by atoms with Crippen LogP contribution in [0.4, 0.5) is 0 Å². The Kier molecular flexibility index (Phi) is 4.09. The summed E-state index contributed by atoms with van der Waals surface area (Å²) in [4.78, 5) is 4.01. The van der Waals surface area contributed by atoms with E-state index in [4.69, 9.17) is 4.74 Å². The summed E-state index contributed by atoms with van der Waals surface area (Å²) in [6.45, 7) is 2.62. The fourth-order valence-electron chi connectivity index (χ4n) is 3.10. The Balaban J connectivity index is 1.67. The SMILES string of the molecule is O=S(=O)(C[C@H]1CCOC1)N1CCC[C@H]1Cn1ccnc1. The summed E-state index contributed by atoms with van der Waals surface area (Å²) in [5, 5.41) is 0. The first-order valence-corrected chi connectivity index (χ1v) is 8.79. The van der Waals surface area contributed by atoms with Crippen molar-refractivity contribution in [3.8, 4) is 0 Å². The van der Waals surface area contributed by atoms with Gasteiger partial charge in [0.1, 0.15) is 0 Å². The summed E-state index contributed by atoms with van der Waals surface area (Å²) in [5.74, 6) is 0.391. The summed E-state index contributed by atoms with van der Waals surface area (Å²) >= 11 is 0. The third kappa shape index (κ3) is 3.05. The minimum atomic E-state index is -3.18. The van der Waals surface area contributed by atoms with E-state index >= 15 is 0 Å². The fourth-order valence-corrected chi connectivity index (χ4v) is 5.19. The molecule has 3 heterocycles. The zero-order valence-corrected chi connectivity index (χ0v) is 12.3. The van der Waals surface area contributed by atoms with Crippen LogP contribution in [0.15, 0.2) is 18.7 Å². The normalized spacial score (nSPS) is 28.2. The van der Waals surface area contributed by atoms with E-state index in [1.165, 1.54) is 0 Å². The maximum Gasteiger partial charge on any atom is 0.214 e. The van der Waals surface area contributed by atoms with Gasteiger partial charge < -0.3 is 9.30 Å². The van der Waals surface area contributed by atoms with E-state index in [0.717, 1.165) is 19.3 Å². The zero-order valence-electron chi connectivity index (χ0n) is 11.5. The molecule has 0 aliphatic carbocycles. The van der Waals surface area contributed by atoms with Crippen LogP contribution in [0.25, 0.3) is 0 Å². The van der Waals surface area contributed by atoms with Crippen LogP contribution in [-0.2, 0) is 21.3 Å². The predicted molar refractivity (Wildman–Crippen MR) is 74.7 cm³/mol. The van der Waals surface area contributed by atoms with Gasteiger partial charge in [0.2, 0.25) is 10.0 Å². The Labute approximate surface area is 119 Å². The molecule has 1 aromatic rings. The molecule has 112 valence electrons. The lowest BCUT2D eigenvalue weighted by molar-refractivity contribution is 0.188. The molecule has 0 spiro atoms. The maximum atomic E-state index is 12.6. The minimum absolute atomic E-state index is 0.0662. The number of nitrogens with zero attached hydrogens (tertiary/aromatic N) is 3. The monoisotopic (exact) mass is 299 g/mol. The predicted octanol–water partition coefficient (Wildman–Crippen LogP) is 0.714. The van der Waals surface area contributed by atoms with Gasteiger partial charge in [0.25, 0.3) is 0 Å². The average Bonchev–Trinajstić information content (AvgIpc) is 3.10. The maximum absolute atomic E-state index is 12.6. The van der Waals surface area contributed by atoms with Crippen molar-refractivity contribution in [3.63, 3.8) is 0 Å². The molecule has 0 aromatic carbocycles. The van der Waals surface area contributed by atoms with Crippen molar-refractivity contribution in [2.75, 3.05) is 25.5 Å². The van der Waals surface area contributed by atoms with Gasteiger partial charge in [-0.2, -0.15) is 4.31 Å². The molecule has 1 aromatic heterocycles. The van der Waals surface area contributed by atoms with Crippen molar-refractivity contribution in [1.82, 2.24) is 13.9 Å². The first-order chi connectivity index (χ1) is 9.65. The molecule has 0 amide bonds. The van der Waals surface area contributed by atoms with E-state index in [2.05, 4.69) is 4.98 Å². The first kappa shape index (κ1) is 14.0. The molecule has 2 aliphatic heterocycles. The molecule has 0 saturated carbocycles. The number of rotatable bonds is 5. The number of sulfonamides is 1. The van der Waals surface area contributed by atoms with Crippen LogP contribution in [0.2, 0.25) is 0 Å². The van der Waals surface area contributed by atoms with Gasteiger partial charge in [-0.15, -0.1) is 0 Å². The molecule has 6 nitrogen and oxygen atoms in total. The van der Waals surface area contributed by atoms with Crippen molar-refractivity contribution < 1.29 is 13.2 Å². The highest BCUT2D eigenvalue weighted by atomic mass is 32.2. The van der Waals surface area contributed by atoms with Crippen molar-refractivity contribution in [3.05, 3.63) is 18.7 Å². The van der Waals surface area contributed by atoms with Crippen LogP contribution in [0.5, 0.6) is 0 Å². The van der Waals surface area contributed by atoms with Crippen LogP contribution < -0.4 is 0 Å². The third-order valence-corrected chi connectivity index (χ3v) is 6.22. The van der Waals surface area contributed by atoms with Crippen molar-refractivity contribution in [2.45, 2.75) is 31.8 Å². The quantitative estimate of drug-likeness (QED) is 0.803. The molecule has 7 heteroatoms. The average molecular weight is 299 g/mol. The zero-order chi connectivity index (χ0) is 14.0. The molecule has 0 unspecified atom stereocenters. The van der Waals surface area contributed by atoms with E-state index in [0.29, 0.717) is 26.3 Å². The fraction of sp³-hybridized carbons (Fsp3) is 0.769. The Morgan fingerprint density at radius 3 is 2.95 bits per heavy atom. The summed E-state index contributed by atoms with van der Waals surface area (Å²) < 4.78 is 34.1. The molecule has 20 heavy (non-hydrogen) atoms. The second-order valence-corrected chi connectivity index (χ2v) is 7.64. The van der Waals surface area contributed by atoms with Crippen LogP contribution in [0.1, 0.15) is 19.3 Å². The molecular weight excluding hydrogens is 278 g/mol. The van der Waals surface area contributed by atoms with Gasteiger partial charge in [-0.1, -0.05) is 0 Å². The lowest BCUT2D eigenvalue weighted by Gasteiger charge is -2.25. The topological polar surface area (TPSA) is 64.4 Å². The third-order valence-electron chi connectivity index (χ3n) is 4.13. The molecule has 0 N–H and O–H groups in total. The van der Waals surface area contributed by atoms with Crippen LogP contribution in [-0.4, -0.2) is 53.8 Å². The van der Waals surface area contributed by atoms with E-state index in [1.807, 2.05) is 10.8 Å². The highest BCUT2D eigenvalue weighted by molar-refractivity contribution is 7.89. The Bertz CT molecular complexity index is 523. The molecular formula is C13H21N3O3S. The van der Waals surface area contributed by atoms with Gasteiger partial charge in [0, 0.05) is 38.1 Å². The van der Waals surface area contributed by atoms with Crippen molar-refractivity contribution in [1.29, 1.82) is 0 Å². The smallest absolute Gasteiger partial charge is 0.214 e. The molecule has 0 bridgehead atoms.